The first-order valence-corrected chi connectivity index (χ1v) is 9.05. The number of aliphatic hydroxyl groups excluding tert-OH is 4. The molecule has 7 unspecified atom stereocenters. The minimum atomic E-state index is -1.52. The lowest BCUT2D eigenvalue weighted by atomic mass is 9.65. The van der Waals surface area contributed by atoms with Crippen molar-refractivity contribution in [3.05, 3.63) is 17.4 Å². The van der Waals surface area contributed by atoms with Crippen LogP contribution in [0.5, 0.6) is 0 Å². The predicted molar refractivity (Wildman–Crippen MR) is 94.6 cm³/mol. The summed E-state index contributed by atoms with van der Waals surface area (Å²) in [5.41, 5.74) is 1.65. The summed E-state index contributed by atoms with van der Waals surface area (Å²) in [5, 5.41) is 50.1. The fraction of sp³-hybridized carbons (Fsp3) is 0.789. The maximum absolute atomic E-state index is 11.2. The van der Waals surface area contributed by atoms with Gasteiger partial charge < -0.3 is 35.0 Å². The Balaban J connectivity index is 2.20. The molecule has 1 saturated heterocycles. The van der Waals surface area contributed by atoms with Crippen LogP contribution >= 0.6 is 0 Å². The Morgan fingerprint density at radius 2 is 1.85 bits per heavy atom. The molecular weight excluding hydrogens is 356 g/mol. The first-order chi connectivity index (χ1) is 12.4. The Kier molecular flexibility index (Phi) is 6.67. The largest absolute Gasteiger partial charge is 0.394 e. The zero-order valence-electron chi connectivity index (χ0n) is 16.1. The quantitative estimate of drug-likeness (QED) is 0.320. The Morgan fingerprint density at radius 3 is 2.37 bits per heavy atom. The second-order valence-electron chi connectivity index (χ2n) is 8.30. The SMILES string of the molecule is CC(=O)C=C=C1C(C)(C)CC(OC2OC(CO)C(O)C(O)C2O)CC1(C)O. The van der Waals surface area contributed by atoms with Crippen LogP contribution in [0.3, 0.4) is 0 Å². The molecule has 1 aliphatic heterocycles. The monoisotopic (exact) mass is 386 g/mol. The molecule has 2 rings (SSSR count). The van der Waals surface area contributed by atoms with Crippen molar-refractivity contribution >= 4 is 5.78 Å². The molecule has 0 aromatic carbocycles. The molecule has 0 spiro atoms. The van der Waals surface area contributed by atoms with Gasteiger partial charge in [0.2, 0.25) is 0 Å². The number of ether oxygens (including phenoxy) is 2. The third kappa shape index (κ3) is 4.85. The van der Waals surface area contributed by atoms with Crippen LogP contribution in [0.2, 0.25) is 0 Å². The van der Waals surface area contributed by atoms with E-state index in [9.17, 15) is 30.3 Å². The second kappa shape index (κ2) is 8.11. The minimum Gasteiger partial charge on any atom is -0.394 e. The summed E-state index contributed by atoms with van der Waals surface area (Å²) in [6.45, 7) is 6.25. The standard InChI is InChI=1S/C19H30O8/c1-10(21)5-6-13-18(2,3)7-11(8-19(13,4)25)26-17-16(24)15(23)14(22)12(9-20)27-17/h5,11-12,14-17,20,22-25H,7-9H2,1-4H3. The van der Waals surface area contributed by atoms with Gasteiger partial charge in [-0.1, -0.05) is 13.8 Å². The van der Waals surface area contributed by atoms with Crippen molar-refractivity contribution in [3.63, 3.8) is 0 Å². The van der Waals surface area contributed by atoms with Gasteiger partial charge in [0.15, 0.2) is 12.1 Å². The summed E-state index contributed by atoms with van der Waals surface area (Å²) in [4.78, 5) is 11.2. The molecule has 2 fully saturated rings. The highest BCUT2D eigenvalue weighted by Gasteiger charge is 2.49. The average molecular weight is 386 g/mol. The highest BCUT2D eigenvalue weighted by Crippen LogP contribution is 2.46. The van der Waals surface area contributed by atoms with Crippen LogP contribution in [-0.4, -0.2) is 80.3 Å². The highest BCUT2D eigenvalue weighted by molar-refractivity contribution is 5.87. The van der Waals surface area contributed by atoms with Crippen molar-refractivity contribution in [1.82, 2.24) is 0 Å². The van der Waals surface area contributed by atoms with E-state index in [1.807, 2.05) is 13.8 Å². The summed E-state index contributed by atoms with van der Waals surface area (Å²) in [7, 11) is 0. The molecule has 0 aromatic heterocycles. The lowest BCUT2D eigenvalue weighted by Gasteiger charge is -2.47. The molecule has 0 radical (unpaired) electrons. The molecule has 7 atom stereocenters. The summed E-state index contributed by atoms with van der Waals surface area (Å²) < 4.78 is 11.2. The summed E-state index contributed by atoms with van der Waals surface area (Å²) in [6, 6.07) is 0. The van der Waals surface area contributed by atoms with Crippen LogP contribution in [0.15, 0.2) is 17.4 Å². The van der Waals surface area contributed by atoms with Gasteiger partial charge >= 0.3 is 0 Å². The van der Waals surface area contributed by atoms with Gasteiger partial charge in [-0.15, -0.1) is 5.73 Å². The first-order valence-electron chi connectivity index (χ1n) is 9.05. The van der Waals surface area contributed by atoms with Crippen LogP contribution < -0.4 is 0 Å². The van der Waals surface area contributed by atoms with Gasteiger partial charge in [0, 0.05) is 18.1 Å². The molecule has 0 amide bonds. The van der Waals surface area contributed by atoms with Gasteiger partial charge in [0.1, 0.15) is 24.4 Å². The Morgan fingerprint density at radius 1 is 1.22 bits per heavy atom. The minimum absolute atomic E-state index is 0.166. The molecule has 0 bridgehead atoms. The summed E-state index contributed by atoms with van der Waals surface area (Å²) in [5.74, 6) is -0.172. The van der Waals surface area contributed by atoms with Gasteiger partial charge in [-0.25, -0.2) is 0 Å². The van der Waals surface area contributed by atoms with E-state index >= 15 is 0 Å². The predicted octanol–water partition coefficient (Wildman–Crippen LogP) is -0.587. The number of carbonyl (C=O) groups excluding carboxylic acids is 1. The number of ketones is 1. The Bertz CT molecular complexity index is 597. The molecule has 1 saturated carbocycles. The van der Waals surface area contributed by atoms with Crippen molar-refractivity contribution in [2.75, 3.05) is 6.61 Å². The van der Waals surface area contributed by atoms with E-state index in [4.69, 9.17) is 9.47 Å². The third-order valence-electron chi connectivity index (χ3n) is 5.17. The summed E-state index contributed by atoms with van der Waals surface area (Å²) in [6.07, 6.45) is -5.40. The maximum atomic E-state index is 11.2. The van der Waals surface area contributed by atoms with Crippen molar-refractivity contribution in [2.24, 2.45) is 5.41 Å². The molecule has 2 aliphatic rings. The Hall–Kier alpha value is -1.09. The van der Waals surface area contributed by atoms with E-state index in [0.29, 0.717) is 12.0 Å². The van der Waals surface area contributed by atoms with E-state index in [2.05, 4.69) is 5.73 Å². The van der Waals surface area contributed by atoms with Gasteiger partial charge in [-0.3, -0.25) is 4.79 Å². The topological polar surface area (TPSA) is 137 Å². The smallest absolute Gasteiger partial charge is 0.186 e. The van der Waals surface area contributed by atoms with Gasteiger partial charge in [-0.05, 0) is 25.7 Å². The molecule has 5 N–H and O–H groups in total. The molecule has 0 aromatic rings. The maximum Gasteiger partial charge on any atom is 0.186 e. The number of hydrogen-bond donors (Lipinski definition) is 5. The van der Waals surface area contributed by atoms with Crippen LogP contribution in [0.1, 0.15) is 40.5 Å². The molecule has 154 valence electrons. The van der Waals surface area contributed by atoms with Crippen LogP contribution in [0.4, 0.5) is 0 Å². The van der Waals surface area contributed by atoms with Crippen molar-refractivity contribution in [3.8, 4) is 0 Å². The summed E-state index contributed by atoms with van der Waals surface area (Å²) >= 11 is 0. The van der Waals surface area contributed by atoms with Gasteiger partial charge in [0.05, 0.1) is 18.3 Å². The number of hydrogen-bond acceptors (Lipinski definition) is 8. The first kappa shape index (κ1) is 22.2. The number of aliphatic hydroxyl groups is 5. The van der Waals surface area contributed by atoms with Crippen molar-refractivity contribution in [1.29, 1.82) is 0 Å². The van der Waals surface area contributed by atoms with Crippen LogP contribution in [-0.2, 0) is 14.3 Å². The molecule has 27 heavy (non-hydrogen) atoms. The second-order valence-corrected chi connectivity index (χ2v) is 8.30. The van der Waals surface area contributed by atoms with Gasteiger partial charge in [0.25, 0.3) is 0 Å². The number of carbonyl (C=O) groups is 1. The molecule has 1 aliphatic carbocycles. The van der Waals surface area contributed by atoms with E-state index in [1.165, 1.54) is 13.0 Å². The molecule has 8 heteroatoms. The molecular formula is C19H30O8. The zero-order valence-corrected chi connectivity index (χ0v) is 16.1. The van der Waals surface area contributed by atoms with E-state index in [0.717, 1.165) is 0 Å². The number of rotatable bonds is 4. The van der Waals surface area contributed by atoms with Crippen molar-refractivity contribution < 1.29 is 39.8 Å². The average Bonchev–Trinajstić information content (AvgIpc) is 2.52. The third-order valence-corrected chi connectivity index (χ3v) is 5.17. The van der Waals surface area contributed by atoms with Gasteiger partial charge in [-0.2, -0.15) is 0 Å². The highest BCUT2D eigenvalue weighted by atomic mass is 16.7. The Labute approximate surface area is 158 Å². The van der Waals surface area contributed by atoms with Crippen LogP contribution in [0.25, 0.3) is 0 Å². The fourth-order valence-corrected chi connectivity index (χ4v) is 4.01. The lowest BCUT2D eigenvalue weighted by Crippen LogP contribution is -2.60. The molecule has 1 heterocycles. The van der Waals surface area contributed by atoms with E-state index in [-0.39, 0.29) is 12.2 Å². The van der Waals surface area contributed by atoms with E-state index in [1.54, 1.807) is 6.92 Å². The normalized spacial score (nSPS) is 41.7. The lowest BCUT2D eigenvalue weighted by molar-refractivity contribution is -0.316. The fourth-order valence-electron chi connectivity index (χ4n) is 4.01. The van der Waals surface area contributed by atoms with E-state index < -0.39 is 54.4 Å². The van der Waals surface area contributed by atoms with Crippen molar-refractivity contribution in [2.45, 2.75) is 82.9 Å². The molecule has 8 nitrogen and oxygen atoms in total. The van der Waals surface area contributed by atoms with Crippen LogP contribution in [0, 0.1) is 5.41 Å². The zero-order chi connectivity index (χ0) is 20.6.